The van der Waals surface area contributed by atoms with Crippen LogP contribution in [-0.2, 0) is 30.9 Å². The van der Waals surface area contributed by atoms with Gasteiger partial charge < -0.3 is 14.6 Å². The van der Waals surface area contributed by atoms with E-state index in [0.717, 1.165) is 48.7 Å². The highest BCUT2D eigenvalue weighted by Gasteiger charge is 2.17. The zero-order chi connectivity index (χ0) is 24.6. The Kier molecular flexibility index (Phi) is 8.07. The number of aromatic hydroxyl groups is 1. The van der Waals surface area contributed by atoms with Crippen LogP contribution in [0.1, 0.15) is 47.1 Å². The minimum atomic E-state index is -0.847. The van der Waals surface area contributed by atoms with Gasteiger partial charge in [0.25, 0.3) is 5.75 Å². The van der Waals surface area contributed by atoms with Crippen molar-refractivity contribution in [2.75, 3.05) is 13.7 Å². The van der Waals surface area contributed by atoms with Gasteiger partial charge in [0.15, 0.2) is 6.61 Å². The third kappa shape index (κ3) is 6.65. The molecule has 0 aromatic heterocycles. The van der Waals surface area contributed by atoms with Gasteiger partial charge in [-0.15, -0.1) is 5.92 Å². The minimum absolute atomic E-state index is 0.00235. The molecule has 35 heavy (non-hydrogen) atoms. The van der Waals surface area contributed by atoms with Crippen molar-refractivity contribution in [1.29, 1.82) is 0 Å². The zero-order valence-electron chi connectivity index (χ0n) is 20.3. The van der Waals surface area contributed by atoms with Gasteiger partial charge in [0, 0.05) is 37.3 Å². The molecule has 0 aliphatic carbocycles. The van der Waals surface area contributed by atoms with Crippen LogP contribution in [0.4, 0.5) is 0 Å². The molecule has 0 radical (unpaired) electrons. The number of carbonyl (C=O) groups is 1. The lowest BCUT2D eigenvalue weighted by atomic mass is 9.96. The summed E-state index contributed by atoms with van der Waals surface area (Å²) in [5.41, 5.74) is 6.14. The molecule has 1 aliphatic heterocycles. The highest BCUT2D eigenvalue weighted by Crippen LogP contribution is 2.25. The Morgan fingerprint density at radius 1 is 1.06 bits per heavy atom. The molecule has 1 atom stereocenters. The van der Waals surface area contributed by atoms with E-state index >= 15 is 0 Å². The number of aliphatic carboxylic acids is 1. The van der Waals surface area contributed by atoms with Crippen LogP contribution in [0, 0.1) is 11.8 Å². The van der Waals surface area contributed by atoms with Crippen LogP contribution >= 0.6 is 0 Å². The number of hydrogen-bond acceptors (Lipinski definition) is 3. The lowest BCUT2D eigenvalue weighted by molar-refractivity contribution is -0.137. The molecule has 0 saturated heterocycles. The average molecular weight is 471 g/mol. The molecule has 3 aromatic carbocycles. The summed E-state index contributed by atoms with van der Waals surface area (Å²) in [6.07, 6.45) is 1.05. The SMILES string of the molecule is CC#CC(CC(=O)O)c1ccc([OH+]Cc2ccc(CN3CCc4cc(OC)ccc4C3)cc2)cc1. The highest BCUT2D eigenvalue weighted by atomic mass is 16.5. The normalized spacial score (nSPS) is 13.8. The molecular formula is C30H32NO4+. The fourth-order valence-electron chi connectivity index (χ4n) is 4.45. The van der Waals surface area contributed by atoms with Gasteiger partial charge in [-0.05, 0) is 72.0 Å². The molecule has 5 nitrogen and oxygen atoms in total. The molecule has 0 fully saturated rings. The first-order valence-corrected chi connectivity index (χ1v) is 11.9. The summed E-state index contributed by atoms with van der Waals surface area (Å²) < 4.78 is 10.0. The number of aliphatic hydroxyl groups is 1. The van der Waals surface area contributed by atoms with Gasteiger partial charge in [-0.3, -0.25) is 9.69 Å². The Hall–Kier alpha value is -3.75. The van der Waals surface area contributed by atoms with Crippen molar-refractivity contribution in [2.24, 2.45) is 0 Å². The first-order chi connectivity index (χ1) is 17.0. The Bertz CT molecular complexity index is 1210. The lowest BCUT2D eigenvalue weighted by Gasteiger charge is -2.29. The van der Waals surface area contributed by atoms with E-state index in [2.05, 4.69) is 53.1 Å². The van der Waals surface area contributed by atoms with E-state index in [4.69, 9.17) is 14.6 Å². The van der Waals surface area contributed by atoms with Crippen LogP contribution in [0.15, 0.2) is 66.7 Å². The molecular weight excluding hydrogens is 438 g/mol. The maximum atomic E-state index is 11.1. The molecule has 0 saturated carbocycles. The molecule has 4 rings (SSSR count). The number of ether oxygens (including phenoxy) is 2. The fourth-order valence-corrected chi connectivity index (χ4v) is 4.45. The maximum Gasteiger partial charge on any atom is 0.304 e. The predicted molar refractivity (Wildman–Crippen MR) is 138 cm³/mol. The smallest absolute Gasteiger partial charge is 0.304 e. The summed E-state index contributed by atoms with van der Waals surface area (Å²) in [6.45, 7) is 5.27. The van der Waals surface area contributed by atoms with Gasteiger partial charge in [0.2, 0.25) is 0 Å². The van der Waals surface area contributed by atoms with E-state index in [1.807, 2.05) is 30.3 Å². The molecule has 3 aromatic rings. The van der Waals surface area contributed by atoms with E-state index in [1.54, 1.807) is 14.0 Å². The molecule has 1 aliphatic rings. The number of benzene rings is 3. The summed E-state index contributed by atoms with van der Waals surface area (Å²) in [6, 6.07) is 22.8. The van der Waals surface area contributed by atoms with Crippen molar-refractivity contribution in [1.82, 2.24) is 4.90 Å². The Morgan fingerprint density at radius 2 is 1.80 bits per heavy atom. The van der Waals surface area contributed by atoms with Crippen molar-refractivity contribution < 1.29 is 19.4 Å². The van der Waals surface area contributed by atoms with Crippen molar-refractivity contribution in [3.8, 4) is 23.3 Å². The van der Waals surface area contributed by atoms with E-state index in [9.17, 15) is 4.79 Å². The van der Waals surface area contributed by atoms with Crippen LogP contribution in [0.25, 0.3) is 0 Å². The average Bonchev–Trinajstić information content (AvgIpc) is 2.88. The van der Waals surface area contributed by atoms with E-state index in [-0.39, 0.29) is 12.3 Å². The van der Waals surface area contributed by atoms with Gasteiger partial charge in [-0.2, -0.15) is 0 Å². The zero-order valence-corrected chi connectivity index (χ0v) is 20.3. The number of carboxylic acids is 1. The van der Waals surface area contributed by atoms with E-state index < -0.39 is 5.97 Å². The topological polar surface area (TPSA) is 62.6 Å². The fraction of sp³-hybridized carbons (Fsp3) is 0.300. The van der Waals surface area contributed by atoms with Crippen LogP contribution in [0.2, 0.25) is 0 Å². The molecule has 2 N–H and O–H groups in total. The first kappa shape index (κ1) is 24.4. The van der Waals surface area contributed by atoms with Gasteiger partial charge in [0.1, 0.15) is 5.75 Å². The summed E-state index contributed by atoms with van der Waals surface area (Å²) >= 11 is 0. The Labute approximate surface area is 207 Å². The molecule has 180 valence electrons. The van der Waals surface area contributed by atoms with Gasteiger partial charge >= 0.3 is 5.97 Å². The minimum Gasteiger partial charge on any atom is -0.579 e. The molecule has 0 amide bonds. The summed E-state index contributed by atoms with van der Waals surface area (Å²) in [7, 11) is 1.72. The largest absolute Gasteiger partial charge is 0.579 e. The first-order valence-electron chi connectivity index (χ1n) is 11.9. The lowest BCUT2D eigenvalue weighted by Crippen LogP contribution is -2.30. The summed E-state index contributed by atoms with van der Waals surface area (Å²) in [4.78, 5) is 13.6. The number of methoxy groups -OCH3 is 1. The third-order valence-corrected chi connectivity index (χ3v) is 6.37. The van der Waals surface area contributed by atoms with Crippen LogP contribution in [0.5, 0.6) is 11.5 Å². The number of nitrogens with zero attached hydrogens (tertiary/aromatic N) is 1. The quantitative estimate of drug-likeness (QED) is 0.342. The second-order valence-corrected chi connectivity index (χ2v) is 8.86. The third-order valence-electron chi connectivity index (χ3n) is 6.37. The molecule has 1 unspecified atom stereocenters. The van der Waals surface area contributed by atoms with Crippen LogP contribution in [-0.4, -0.2) is 34.4 Å². The van der Waals surface area contributed by atoms with Crippen molar-refractivity contribution in [2.45, 2.75) is 45.4 Å². The molecule has 0 spiro atoms. The molecule has 0 bridgehead atoms. The second-order valence-electron chi connectivity index (χ2n) is 8.86. The second kappa shape index (κ2) is 11.6. The van der Waals surface area contributed by atoms with Gasteiger partial charge in [-0.25, -0.2) is 0 Å². The molecule has 5 heteroatoms. The Balaban J connectivity index is 1.29. The van der Waals surface area contributed by atoms with Crippen molar-refractivity contribution in [3.63, 3.8) is 0 Å². The van der Waals surface area contributed by atoms with Crippen molar-refractivity contribution in [3.05, 3.63) is 94.5 Å². The van der Waals surface area contributed by atoms with Crippen LogP contribution < -0.4 is 4.74 Å². The highest BCUT2D eigenvalue weighted by molar-refractivity contribution is 5.69. The summed E-state index contributed by atoms with van der Waals surface area (Å²) in [5.74, 6) is 6.47. The summed E-state index contributed by atoms with van der Waals surface area (Å²) in [5, 5.41) is 9.11. The maximum absolute atomic E-state index is 11.1. The Morgan fingerprint density at radius 3 is 2.49 bits per heavy atom. The number of hydrogen-bond donors (Lipinski definition) is 1. The number of rotatable bonds is 9. The van der Waals surface area contributed by atoms with Gasteiger partial charge in [-0.1, -0.05) is 24.1 Å². The van der Waals surface area contributed by atoms with Crippen LogP contribution in [0.3, 0.4) is 0 Å². The standard InChI is InChI=1S/C30H31NO4/c1-3-4-25(18-30(32)33)24-9-12-28(13-10-24)35-21-23-7-5-22(6-8-23)19-31-16-15-26-17-29(34-2)14-11-27(26)20-31/h5-14,17,25H,15-16,18-21H2,1-2H3,(H,32,33)/p+1. The van der Waals surface area contributed by atoms with E-state index in [0.29, 0.717) is 6.61 Å². The predicted octanol–water partition coefficient (Wildman–Crippen LogP) is 5.28. The molecule has 1 heterocycles. The number of carboxylic acid groups (broad SMARTS) is 1. The van der Waals surface area contributed by atoms with Gasteiger partial charge in [0.05, 0.1) is 19.4 Å². The number of fused-ring (bicyclic) bond motifs is 1. The van der Waals surface area contributed by atoms with E-state index in [1.165, 1.54) is 16.7 Å². The monoisotopic (exact) mass is 470 g/mol. The van der Waals surface area contributed by atoms with Crippen molar-refractivity contribution >= 4 is 5.97 Å².